The molecule has 1 aromatic heterocycles. The van der Waals surface area contributed by atoms with Crippen LogP contribution >= 0.6 is 27.7 Å². The standard InChI is InChI=1S/C8H11BrN2S/c1-11-7(4-10-8(11)9)6-2-3-12-5-6/h4,6H,2-3,5H2,1H3. The predicted molar refractivity (Wildman–Crippen MR) is 55.6 cm³/mol. The van der Waals surface area contributed by atoms with Crippen molar-refractivity contribution in [3.63, 3.8) is 0 Å². The molecule has 0 aromatic carbocycles. The molecular formula is C8H11BrN2S. The molecule has 4 heteroatoms. The highest BCUT2D eigenvalue weighted by molar-refractivity contribution is 9.10. The smallest absolute Gasteiger partial charge is 0.177 e. The van der Waals surface area contributed by atoms with Gasteiger partial charge in [0.1, 0.15) is 0 Å². The van der Waals surface area contributed by atoms with Crippen molar-refractivity contribution in [1.82, 2.24) is 9.55 Å². The minimum Gasteiger partial charge on any atom is -0.326 e. The Kier molecular flexibility index (Phi) is 2.46. The zero-order valence-electron chi connectivity index (χ0n) is 6.96. The van der Waals surface area contributed by atoms with E-state index in [4.69, 9.17) is 0 Å². The van der Waals surface area contributed by atoms with Crippen LogP contribution in [0.4, 0.5) is 0 Å². The van der Waals surface area contributed by atoms with Gasteiger partial charge in [-0.05, 0) is 28.1 Å². The van der Waals surface area contributed by atoms with Gasteiger partial charge in [0.05, 0.1) is 0 Å². The van der Waals surface area contributed by atoms with Gasteiger partial charge >= 0.3 is 0 Å². The molecule has 1 unspecified atom stereocenters. The van der Waals surface area contributed by atoms with Crippen LogP contribution in [0.5, 0.6) is 0 Å². The Morgan fingerprint density at radius 2 is 2.58 bits per heavy atom. The van der Waals surface area contributed by atoms with Crippen molar-refractivity contribution in [2.75, 3.05) is 11.5 Å². The largest absolute Gasteiger partial charge is 0.326 e. The first kappa shape index (κ1) is 8.63. The summed E-state index contributed by atoms with van der Waals surface area (Å²) >= 11 is 5.45. The molecule has 1 aliphatic heterocycles. The summed E-state index contributed by atoms with van der Waals surface area (Å²) in [5.74, 6) is 3.28. The average molecular weight is 247 g/mol. The van der Waals surface area contributed by atoms with Gasteiger partial charge in [-0.3, -0.25) is 0 Å². The van der Waals surface area contributed by atoms with E-state index in [1.165, 1.54) is 23.6 Å². The van der Waals surface area contributed by atoms with Gasteiger partial charge in [0, 0.05) is 30.6 Å². The molecule has 66 valence electrons. The Morgan fingerprint density at radius 3 is 3.08 bits per heavy atom. The Morgan fingerprint density at radius 1 is 1.75 bits per heavy atom. The molecule has 0 spiro atoms. The van der Waals surface area contributed by atoms with Crippen LogP contribution in [0.3, 0.4) is 0 Å². The number of hydrogen-bond donors (Lipinski definition) is 0. The summed E-state index contributed by atoms with van der Waals surface area (Å²) in [7, 11) is 2.06. The lowest BCUT2D eigenvalue weighted by atomic mass is 10.1. The summed E-state index contributed by atoms with van der Waals surface area (Å²) in [5.41, 5.74) is 1.37. The second-order valence-corrected chi connectivity index (χ2v) is 4.93. The van der Waals surface area contributed by atoms with E-state index in [2.05, 4.69) is 32.5 Å². The quantitative estimate of drug-likeness (QED) is 0.758. The minimum absolute atomic E-state index is 0.721. The average Bonchev–Trinajstić information content (AvgIpc) is 2.64. The molecule has 2 heterocycles. The second-order valence-electron chi connectivity index (χ2n) is 3.07. The van der Waals surface area contributed by atoms with E-state index >= 15 is 0 Å². The van der Waals surface area contributed by atoms with Crippen molar-refractivity contribution >= 4 is 27.7 Å². The third-order valence-corrected chi connectivity index (χ3v) is 4.21. The number of imidazole rings is 1. The van der Waals surface area contributed by atoms with Gasteiger partial charge in [-0.15, -0.1) is 0 Å². The van der Waals surface area contributed by atoms with Crippen molar-refractivity contribution in [2.24, 2.45) is 7.05 Å². The molecule has 1 aromatic rings. The van der Waals surface area contributed by atoms with Crippen molar-refractivity contribution in [3.8, 4) is 0 Å². The fourth-order valence-electron chi connectivity index (χ4n) is 1.55. The number of aromatic nitrogens is 2. The highest BCUT2D eigenvalue weighted by atomic mass is 79.9. The molecule has 0 bridgehead atoms. The molecule has 0 aliphatic carbocycles. The van der Waals surface area contributed by atoms with Gasteiger partial charge < -0.3 is 4.57 Å². The molecule has 0 N–H and O–H groups in total. The molecule has 0 radical (unpaired) electrons. The Hall–Kier alpha value is 0.0400. The van der Waals surface area contributed by atoms with Crippen LogP contribution in [0.1, 0.15) is 18.0 Å². The highest BCUT2D eigenvalue weighted by Crippen LogP contribution is 2.32. The lowest BCUT2D eigenvalue weighted by molar-refractivity contribution is 0.691. The van der Waals surface area contributed by atoms with Crippen molar-refractivity contribution in [3.05, 3.63) is 16.6 Å². The molecule has 2 nitrogen and oxygen atoms in total. The maximum absolute atomic E-state index is 4.23. The Bertz CT molecular complexity index is 279. The summed E-state index contributed by atoms with van der Waals surface area (Å²) in [4.78, 5) is 4.23. The number of thioether (sulfide) groups is 1. The van der Waals surface area contributed by atoms with E-state index < -0.39 is 0 Å². The normalized spacial score (nSPS) is 23.3. The summed E-state index contributed by atoms with van der Waals surface area (Å²) in [5, 5.41) is 0. The Labute approximate surface area is 84.9 Å². The van der Waals surface area contributed by atoms with Crippen LogP contribution in [-0.2, 0) is 7.05 Å². The van der Waals surface area contributed by atoms with Gasteiger partial charge in [0.25, 0.3) is 0 Å². The van der Waals surface area contributed by atoms with E-state index in [0.29, 0.717) is 0 Å². The fraction of sp³-hybridized carbons (Fsp3) is 0.625. The topological polar surface area (TPSA) is 17.8 Å². The molecule has 1 saturated heterocycles. The third kappa shape index (κ3) is 1.42. The molecule has 12 heavy (non-hydrogen) atoms. The molecule has 0 saturated carbocycles. The third-order valence-electron chi connectivity index (χ3n) is 2.32. The van der Waals surface area contributed by atoms with E-state index in [1.807, 2.05) is 18.0 Å². The van der Waals surface area contributed by atoms with E-state index in [1.54, 1.807) is 0 Å². The van der Waals surface area contributed by atoms with Crippen LogP contribution in [0.25, 0.3) is 0 Å². The summed E-state index contributed by atoms with van der Waals surface area (Å²) in [6.07, 6.45) is 3.29. The van der Waals surface area contributed by atoms with Crippen LogP contribution in [-0.4, -0.2) is 21.1 Å². The number of rotatable bonds is 1. The van der Waals surface area contributed by atoms with E-state index in [0.717, 1.165) is 10.7 Å². The first-order chi connectivity index (χ1) is 5.79. The van der Waals surface area contributed by atoms with Crippen LogP contribution in [0.15, 0.2) is 10.9 Å². The molecule has 2 rings (SSSR count). The number of hydrogen-bond acceptors (Lipinski definition) is 2. The predicted octanol–water partition coefficient (Wildman–Crippen LogP) is 2.40. The van der Waals surface area contributed by atoms with Crippen molar-refractivity contribution < 1.29 is 0 Å². The fourth-order valence-corrected chi connectivity index (χ4v) is 3.09. The first-order valence-electron chi connectivity index (χ1n) is 4.04. The van der Waals surface area contributed by atoms with E-state index in [9.17, 15) is 0 Å². The summed E-state index contributed by atoms with van der Waals surface area (Å²) in [6, 6.07) is 0. The molecule has 1 fully saturated rings. The van der Waals surface area contributed by atoms with Gasteiger partial charge in [-0.1, -0.05) is 0 Å². The molecule has 1 aliphatic rings. The lowest BCUT2D eigenvalue weighted by Gasteiger charge is -2.08. The van der Waals surface area contributed by atoms with Crippen molar-refractivity contribution in [1.29, 1.82) is 0 Å². The minimum atomic E-state index is 0.721. The number of halogens is 1. The lowest BCUT2D eigenvalue weighted by Crippen LogP contribution is -2.03. The highest BCUT2D eigenvalue weighted by Gasteiger charge is 2.20. The molecule has 1 atom stereocenters. The summed E-state index contributed by atoms with van der Waals surface area (Å²) < 4.78 is 3.07. The first-order valence-corrected chi connectivity index (χ1v) is 5.98. The van der Waals surface area contributed by atoms with Crippen LogP contribution in [0.2, 0.25) is 0 Å². The molecular weight excluding hydrogens is 236 g/mol. The van der Waals surface area contributed by atoms with Gasteiger partial charge in [0.2, 0.25) is 0 Å². The van der Waals surface area contributed by atoms with Crippen molar-refractivity contribution in [2.45, 2.75) is 12.3 Å². The maximum Gasteiger partial charge on any atom is 0.177 e. The van der Waals surface area contributed by atoms with Gasteiger partial charge in [-0.2, -0.15) is 11.8 Å². The Balaban J connectivity index is 2.26. The molecule has 0 amide bonds. The number of nitrogens with zero attached hydrogens (tertiary/aromatic N) is 2. The summed E-state index contributed by atoms with van der Waals surface area (Å²) in [6.45, 7) is 0. The van der Waals surface area contributed by atoms with Crippen LogP contribution in [0, 0.1) is 0 Å². The monoisotopic (exact) mass is 246 g/mol. The second kappa shape index (κ2) is 3.42. The van der Waals surface area contributed by atoms with E-state index in [-0.39, 0.29) is 0 Å². The van der Waals surface area contributed by atoms with Crippen LogP contribution < -0.4 is 0 Å². The zero-order valence-corrected chi connectivity index (χ0v) is 9.36. The zero-order chi connectivity index (χ0) is 8.55. The maximum atomic E-state index is 4.23. The SMILES string of the molecule is Cn1c(C2CCSC2)cnc1Br. The van der Waals surface area contributed by atoms with Gasteiger partial charge in [-0.25, -0.2) is 4.98 Å². The van der Waals surface area contributed by atoms with Gasteiger partial charge in [0.15, 0.2) is 4.73 Å².